The summed E-state index contributed by atoms with van der Waals surface area (Å²) in [4.78, 5) is 27.2. The van der Waals surface area contributed by atoms with Gasteiger partial charge in [-0.3, -0.25) is 0 Å². The van der Waals surface area contributed by atoms with Crippen molar-refractivity contribution in [3.05, 3.63) is 36.4 Å². The molecule has 0 bridgehead atoms. The summed E-state index contributed by atoms with van der Waals surface area (Å²) in [5.74, 6) is -0.116. The summed E-state index contributed by atoms with van der Waals surface area (Å²) in [7, 11) is 0. The van der Waals surface area contributed by atoms with Crippen molar-refractivity contribution >= 4 is 18.1 Å². The minimum atomic E-state index is -0.455. The fourth-order valence-corrected chi connectivity index (χ4v) is 0.714. The lowest BCUT2D eigenvalue weighted by molar-refractivity contribution is -0.139. The van der Waals surface area contributed by atoms with E-state index in [0.717, 1.165) is 12.2 Å². The third-order valence-corrected chi connectivity index (χ3v) is 1.52. The van der Waals surface area contributed by atoms with Crippen LogP contribution in [-0.4, -0.2) is 46.7 Å². The normalized spacial score (nSPS) is 7.22. The fraction of sp³-hybridized carbons (Fsp3) is 0.214. The van der Waals surface area contributed by atoms with Crippen molar-refractivity contribution in [1.29, 1.82) is 10.8 Å². The first-order valence-electron chi connectivity index (χ1n) is 5.79. The van der Waals surface area contributed by atoms with Gasteiger partial charge >= 0.3 is 5.97 Å². The molecule has 0 aliphatic carbocycles. The van der Waals surface area contributed by atoms with Crippen molar-refractivity contribution in [2.24, 2.45) is 0 Å². The highest BCUT2D eigenvalue weighted by Gasteiger charge is 1.99. The molecular formula is C14H18N2O7. The molecule has 0 heterocycles. The van der Waals surface area contributed by atoms with Crippen molar-refractivity contribution < 1.29 is 34.4 Å². The van der Waals surface area contributed by atoms with Gasteiger partial charge < -0.3 is 20.1 Å². The van der Waals surface area contributed by atoms with Gasteiger partial charge in [0.1, 0.15) is 18.1 Å². The second-order valence-electron chi connectivity index (χ2n) is 3.36. The van der Waals surface area contributed by atoms with Crippen LogP contribution >= 0.6 is 0 Å². The van der Waals surface area contributed by atoms with Crippen molar-refractivity contribution in [3.8, 4) is 11.5 Å². The Labute approximate surface area is 132 Å². The average Bonchev–Trinajstić information content (AvgIpc) is 2.50. The van der Waals surface area contributed by atoms with E-state index in [2.05, 4.69) is 11.3 Å². The number of ether oxygens (including phenoxy) is 1. The van der Waals surface area contributed by atoms with Crippen LogP contribution < -0.4 is 0 Å². The highest BCUT2D eigenvalue weighted by Crippen LogP contribution is 2.13. The van der Waals surface area contributed by atoms with Crippen LogP contribution in [0.4, 0.5) is 0 Å². The van der Waals surface area contributed by atoms with Crippen molar-refractivity contribution in [1.82, 2.24) is 0 Å². The molecule has 0 saturated carbocycles. The zero-order valence-corrected chi connectivity index (χ0v) is 12.4. The number of benzene rings is 1. The third-order valence-electron chi connectivity index (χ3n) is 1.52. The molecule has 126 valence electrons. The van der Waals surface area contributed by atoms with Crippen LogP contribution in [0.1, 0.15) is 6.92 Å². The number of aliphatic hydroxyl groups is 1. The zero-order valence-electron chi connectivity index (χ0n) is 12.4. The number of aromatic hydroxyl groups is 2. The number of phenolic OH excluding ortho intramolecular Hbond substituents is 2. The van der Waals surface area contributed by atoms with Gasteiger partial charge in [-0.1, -0.05) is 6.58 Å². The van der Waals surface area contributed by atoms with Gasteiger partial charge in [0.25, 0.3) is 0 Å². The molecule has 23 heavy (non-hydrogen) atoms. The summed E-state index contributed by atoms with van der Waals surface area (Å²) in [6, 6.07) is 5.70. The van der Waals surface area contributed by atoms with E-state index in [0.29, 0.717) is 5.57 Å². The van der Waals surface area contributed by atoms with E-state index in [4.69, 9.17) is 35.7 Å². The molecule has 1 rings (SSSR count). The lowest BCUT2D eigenvalue weighted by atomic mass is 10.3. The maximum absolute atomic E-state index is 10.5. The van der Waals surface area contributed by atoms with Gasteiger partial charge in [0.05, 0.1) is 6.61 Å². The molecule has 0 amide bonds. The van der Waals surface area contributed by atoms with E-state index < -0.39 is 5.97 Å². The molecule has 9 heteroatoms. The predicted molar refractivity (Wildman–Crippen MR) is 79.5 cm³/mol. The Morgan fingerprint density at radius 1 is 1.13 bits per heavy atom. The van der Waals surface area contributed by atoms with Crippen LogP contribution in [0.15, 0.2) is 36.4 Å². The monoisotopic (exact) mass is 326 g/mol. The quantitative estimate of drug-likeness (QED) is 0.181. The number of esters is 1. The molecule has 1 aromatic rings. The van der Waals surface area contributed by atoms with E-state index in [1.165, 1.54) is 24.3 Å². The van der Waals surface area contributed by atoms with Crippen molar-refractivity contribution in [2.75, 3.05) is 13.2 Å². The van der Waals surface area contributed by atoms with Crippen LogP contribution in [0.25, 0.3) is 0 Å². The summed E-state index contributed by atoms with van der Waals surface area (Å²) in [6.45, 7) is 4.81. The molecule has 0 spiro atoms. The number of carbonyl (C=O) groups excluding carboxylic acids is 3. The molecule has 9 nitrogen and oxygen atoms in total. The van der Waals surface area contributed by atoms with Crippen LogP contribution in [0.2, 0.25) is 0 Å². The number of isocyanates is 2. The van der Waals surface area contributed by atoms with Gasteiger partial charge in [0, 0.05) is 5.57 Å². The molecule has 0 unspecified atom stereocenters. The Balaban J connectivity index is -0.000000261. The molecule has 5 N–H and O–H groups in total. The Hall–Kier alpha value is -3.25. The summed E-state index contributed by atoms with van der Waals surface area (Å²) >= 11 is 0. The van der Waals surface area contributed by atoms with Crippen LogP contribution in [0, 0.1) is 10.8 Å². The van der Waals surface area contributed by atoms with Gasteiger partial charge in [0.2, 0.25) is 12.2 Å². The predicted octanol–water partition coefficient (Wildman–Crippen LogP) is 0.998. The van der Waals surface area contributed by atoms with E-state index >= 15 is 0 Å². The third kappa shape index (κ3) is 24.2. The standard InChI is InChI=1S/C6H10O3.C6H6O2.2CHNO/c1-5(2)6(8)9-4-3-7;7-5-1-2-6(8)4-3-5;2*2-1-3/h7H,1,3-4H2,2H3;1-4,7-8H;2*2H. The topological polar surface area (TPSA) is 169 Å². The second-order valence-corrected chi connectivity index (χ2v) is 3.36. The minimum Gasteiger partial charge on any atom is -0.508 e. The van der Waals surface area contributed by atoms with E-state index in [-0.39, 0.29) is 24.7 Å². The zero-order chi connectivity index (χ0) is 18.7. The molecular weight excluding hydrogens is 308 g/mol. The molecule has 0 atom stereocenters. The second kappa shape index (κ2) is 18.8. The number of phenols is 2. The summed E-state index contributed by atoms with van der Waals surface area (Å²) in [5, 5.41) is 36.3. The van der Waals surface area contributed by atoms with Gasteiger partial charge in [-0.25, -0.2) is 25.2 Å². The Morgan fingerprint density at radius 2 is 1.43 bits per heavy atom. The number of hydrogen-bond donors (Lipinski definition) is 5. The van der Waals surface area contributed by atoms with E-state index in [1.807, 2.05) is 0 Å². The number of hydrogen-bond acceptors (Lipinski definition) is 9. The van der Waals surface area contributed by atoms with Gasteiger partial charge in [-0.15, -0.1) is 0 Å². The Kier molecular flexibility index (Phi) is 20.2. The molecule has 1 aromatic carbocycles. The number of carbonyl (C=O) groups is 1. The molecule has 0 radical (unpaired) electrons. The molecule has 0 saturated heterocycles. The van der Waals surface area contributed by atoms with E-state index in [1.54, 1.807) is 6.92 Å². The van der Waals surface area contributed by atoms with E-state index in [9.17, 15) is 4.79 Å². The van der Waals surface area contributed by atoms with Gasteiger partial charge in [-0.2, -0.15) is 0 Å². The smallest absolute Gasteiger partial charge is 0.333 e. The summed E-state index contributed by atoms with van der Waals surface area (Å²) in [6.07, 6.45) is 1.50. The summed E-state index contributed by atoms with van der Waals surface area (Å²) in [5.41, 5.74) is 0.350. The highest BCUT2D eigenvalue weighted by atomic mass is 16.5. The molecule has 0 aliphatic heterocycles. The Morgan fingerprint density at radius 3 is 1.65 bits per heavy atom. The first-order chi connectivity index (χ1) is 10.8. The van der Waals surface area contributed by atoms with Crippen molar-refractivity contribution in [2.45, 2.75) is 6.92 Å². The largest absolute Gasteiger partial charge is 0.508 e. The summed E-state index contributed by atoms with van der Waals surface area (Å²) < 4.78 is 4.46. The van der Waals surface area contributed by atoms with Crippen LogP contribution in [0.5, 0.6) is 11.5 Å². The number of rotatable bonds is 3. The number of aliphatic hydroxyl groups excluding tert-OH is 1. The lowest BCUT2D eigenvalue weighted by Gasteiger charge is -1.99. The van der Waals surface area contributed by atoms with Crippen LogP contribution in [0.3, 0.4) is 0 Å². The average molecular weight is 326 g/mol. The molecule has 0 fully saturated rings. The maximum atomic E-state index is 10.5. The van der Waals surface area contributed by atoms with Gasteiger partial charge in [0.15, 0.2) is 0 Å². The molecule has 0 aromatic heterocycles. The molecule has 0 aliphatic rings. The Bertz CT molecular complexity index is 481. The fourth-order valence-electron chi connectivity index (χ4n) is 0.714. The minimum absolute atomic E-state index is 0.0473. The first kappa shape index (κ1) is 24.7. The van der Waals surface area contributed by atoms with Crippen LogP contribution in [-0.2, 0) is 19.1 Å². The maximum Gasteiger partial charge on any atom is 0.333 e. The van der Waals surface area contributed by atoms with Gasteiger partial charge in [-0.05, 0) is 31.2 Å². The lowest BCUT2D eigenvalue weighted by Crippen LogP contribution is -2.08. The number of nitrogens with one attached hydrogen (secondary N) is 2. The first-order valence-corrected chi connectivity index (χ1v) is 5.79. The highest BCUT2D eigenvalue weighted by molar-refractivity contribution is 5.86. The SMILES string of the molecule is C=C(C)C(=O)OCCO.N=C=O.N=C=O.Oc1ccc(O)cc1. The van der Waals surface area contributed by atoms with Crippen molar-refractivity contribution in [3.63, 3.8) is 0 Å².